The van der Waals surface area contributed by atoms with Crippen molar-refractivity contribution in [1.29, 1.82) is 0 Å². The molecule has 1 saturated heterocycles. The first-order valence-electron chi connectivity index (χ1n) is 10.8. The number of nitro groups is 1. The van der Waals surface area contributed by atoms with Crippen molar-refractivity contribution in [3.63, 3.8) is 0 Å². The third-order valence-corrected chi connectivity index (χ3v) is 6.57. The molecule has 0 bridgehead atoms. The summed E-state index contributed by atoms with van der Waals surface area (Å²) >= 11 is 0. The zero-order chi connectivity index (χ0) is 21.5. The minimum atomic E-state index is -0.383. The second-order valence-electron chi connectivity index (χ2n) is 8.79. The Kier molecular flexibility index (Phi) is 5.09. The summed E-state index contributed by atoms with van der Waals surface area (Å²) in [5, 5.41) is 14.4. The number of rotatable bonds is 5. The fraction of sp³-hybridized carbons (Fsp3) is 0.435. The van der Waals surface area contributed by atoms with Gasteiger partial charge in [-0.25, -0.2) is 4.39 Å². The van der Waals surface area contributed by atoms with E-state index in [4.69, 9.17) is 0 Å². The summed E-state index contributed by atoms with van der Waals surface area (Å²) < 4.78 is 13.2. The molecule has 2 heterocycles. The number of nitro benzene ring substituents is 1. The van der Waals surface area contributed by atoms with Gasteiger partial charge in [0, 0.05) is 50.0 Å². The van der Waals surface area contributed by atoms with Gasteiger partial charge in [0.2, 0.25) is 5.91 Å². The third kappa shape index (κ3) is 4.12. The van der Waals surface area contributed by atoms with Crippen molar-refractivity contribution in [1.82, 2.24) is 10.2 Å². The summed E-state index contributed by atoms with van der Waals surface area (Å²) in [7, 11) is 0. The minimum absolute atomic E-state index is 0.00176. The molecule has 7 nitrogen and oxygen atoms in total. The summed E-state index contributed by atoms with van der Waals surface area (Å²) in [6, 6.07) is 11.8. The first-order valence-corrected chi connectivity index (χ1v) is 10.8. The number of carbonyl (C=O) groups is 1. The highest BCUT2D eigenvalue weighted by Gasteiger charge is 2.43. The van der Waals surface area contributed by atoms with E-state index < -0.39 is 0 Å². The van der Waals surface area contributed by atoms with Crippen molar-refractivity contribution in [3.05, 3.63) is 69.5 Å². The van der Waals surface area contributed by atoms with Gasteiger partial charge < -0.3 is 10.2 Å². The van der Waals surface area contributed by atoms with Crippen LogP contribution in [0.15, 0.2) is 42.5 Å². The summed E-state index contributed by atoms with van der Waals surface area (Å²) in [5.74, 6) is -0.465. The van der Waals surface area contributed by atoms with E-state index in [-0.39, 0.29) is 40.3 Å². The lowest BCUT2D eigenvalue weighted by molar-refractivity contribution is -0.384. The molecule has 2 aromatic rings. The number of non-ortho nitro benzene ring substituents is 1. The second-order valence-corrected chi connectivity index (χ2v) is 8.79. The second kappa shape index (κ2) is 7.92. The molecule has 162 valence electrons. The average Bonchev–Trinajstić information content (AvgIpc) is 3.58. The Morgan fingerprint density at radius 2 is 1.94 bits per heavy atom. The fourth-order valence-corrected chi connectivity index (χ4v) is 4.81. The van der Waals surface area contributed by atoms with E-state index in [1.807, 2.05) is 6.07 Å². The molecule has 1 N–H and O–H groups in total. The Labute approximate surface area is 180 Å². The molecule has 8 heteroatoms. The molecule has 2 fully saturated rings. The number of hydrogen-bond donors (Lipinski definition) is 1. The van der Waals surface area contributed by atoms with Crippen molar-refractivity contribution in [2.45, 2.75) is 37.9 Å². The van der Waals surface area contributed by atoms with Crippen LogP contribution in [0.25, 0.3) is 0 Å². The predicted molar refractivity (Wildman–Crippen MR) is 114 cm³/mol. The van der Waals surface area contributed by atoms with Crippen molar-refractivity contribution >= 4 is 17.3 Å². The zero-order valence-corrected chi connectivity index (χ0v) is 17.2. The number of hydrogen-bond acceptors (Lipinski definition) is 5. The Morgan fingerprint density at radius 3 is 2.65 bits per heavy atom. The monoisotopic (exact) mass is 424 g/mol. The molecule has 0 spiro atoms. The van der Waals surface area contributed by atoms with Crippen molar-refractivity contribution in [2.75, 3.05) is 24.5 Å². The number of benzene rings is 2. The van der Waals surface area contributed by atoms with Crippen LogP contribution in [0, 0.1) is 21.8 Å². The molecule has 2 aromatic carbocycles. The minimum Gasteiger partial charge on any atom is -0.365 e. The molecule has 0 radical (unpaired) electrons. The number of nitrogens with one attached hydrogen (secondary N) is 1. The quantitative estimate of drug-likeness (QED) is 0.590. The third-order valence-electron chi connectivity index (χ3n) is 6.57. The zero-order valence-electron chi connectivity index (χ0n) is 17.2. The van der Waals surface area contributed by atoms with E-state index >= 15 is 0 Å². The molecule has 3 aliphatic rings. The van der Waals surface area contributed by atoms with Gasteiger partial charge in [0.1, 0.15) is 5.82 Å². The van der Waals surface area contributed by atoms with Crippen LogP contribution >= 0.6 is 0 Å². The highest BCUT2D eigenvalue weighted by atomic mass is 19.1. The average molecular weight is 424 g/mol. The topological polar surface area (TPSA) is 78.7 Å². The molecule has 1 aliphatic carbocycles. The van der Waals surface area contributed by atoms with E-state index in [0.29, 0.717) is 13.0 Å². The summed E-state index contributed by atoms with van der Waals surface area (Å²) in [4.78, 5) is 28.5. The van der Waals surface area contributed by atoms with Gasteiger partial charge in [0.15, 0.2) is 0 Å². The smallest absolute Gasteiger partial charge is 0.269 e. The van der Waals surface area contributed by atoms with Gasteiger partial charge in [-0.3, -0.25) is 19.8 Å². The van der Waals surface area contributed by atoms with Gasteiger partial charge >= 0.3 is 0 Å². The van der Waals surface area contributed by atoms with Crippen molar-refractivity contribution in [3.8, 4) is 0 Å². The van der Waals surface area contributed by atoms with Gasteiger partial charge in [0.05, 0.1) is 16.9 Å². The molecule has 31 heavy (non-hydrogen) atoms. The normalized spacial score (nSPS) is 23.1. The number of piperazine rings is 1. The summed E-state index contributed by atoms with van der Waals surface area (Å²) in [6.45, 7) is 2.97. The Hall–Kier alpha value is -3.00. The van der Waals surface area contributed by atoms with Crippen LogP contribution < -0.4 is 10.2 Å². The largest absolute Gasteiger partial charge is 0.365 e. The van der Waals surface area contributed by atoms with Crippen LogP contribution in [0.3, 0.4) is 0 Å². The molecule has 0 unspecified atom stereocenters. The lowest BCUT2D eigenvalue weighted by atomic mass is 9.83. The van der Waals surface area contributed by atoms with Crippen LogP contribution in [0.4, 0.5) is 15.8 Å². The molecule has 1 amide bonds. The van der Waals surface area contributed by atoms with Crippen LogP contribution in [-0.2, 0) is 17.8 Å². The van der Waals surface area contributed by atoms with E-state index in [9.17, 15) is 19.3 Å². The van der Waals surface area contributed by atoms with Crippen LogP contribution in [0.5, 0.6) is 0 Å². The first kappa shape index (κ1) is 19.9. The van der Waals surface area contributed by atoms with Crippen LogP contribution in [0.2, 0.25) is 0 Å². The van der Waals surface area contributed by atoms with Crippen LogP contribution in [-0.4, -0.2) is 47.4 Å². The lowest BCUT2D eigenvalue weighted by Gasteiger charge is -2.49. The van der Waals surface area contributed by atoms with Gasteiger partial charge in [-0.05, 0) is 48.6 Å². The van der Waals surface area contributed by atoms with Crippen LogP contribution in [0.1, 0.15) is 24.0 Å². The number of carbonyl (C=O) groups excluding carboxylic acids is 1. The number of nitrogens with zero attached hydrogens (tertiary/aromatic N) is 3. The van der Waals surface area contributed by atoms with Gasteiger partial charge in [-0.2, -0.15) is 0 Å². The van der Waals surface area contributed by atoms with Gasteiger partial charge in [-0.15, -0.1) is 0 Å². The maximum absolute atomic E-state index is 13.2. The maximum Gasteiger partial charge on any atom is 0.269 e. The van der Waals surface area contributed by atoms with E-state index in [1.54, 1.807) is 24.3 Å². The molecular formula is C23H25FN4O3. The molecular weight excluding hydrogens is 399 g/mol. The van der Waals surface area contributed by atoms with Gasteiger partial charge in [0.25, 0.3) is 5.69 Å². The van der Waals surface area contributed by atoms with E-state index in [0.717, 1.165) is 49.3 Å². The lowest BCUT2D eigenvalue weighted by Crippen LogP contribution is -2.61. The van der Waals surface area contributed by atoms with E-state index in [1.165, 1.54) is 12.1 Å². The molecule has 5 rings (SSSR count). The standard InChI is InChI=1S/C23H25FN4O3/c24-17-3-1-15(2-4-17)13-26-9-10-27-21-8-7-19(28(30)31)11-16(21)12-20(22(27)14-26)23(29)25-18-5-6-18/h1-4,7-8,11,18,20,22H,5-6,9-10,12-14H2,(H,25,29)/t20-,22-/m1/s1. The summed E-state index contributed by atoms with van der Waals surface area (Å²) in [6.07, 6.45) is 2.54. The molecule has 2 aliphatic heterocycles. The SMILES string of the molecule is O=C(NC1CC1)[C@@H]1Cc2cc([N+](=O)[O-])ccc2N2CCN(Cc3ccc(F)cc3)C[C@H]12. The summed E-state index contributed by atoms with van der Waals surface area (Å²) in [5.41, 5.74) is 2.97. The number of fused-ring (bicyclic) bond motifs is 3. The number of amides is 1. The number of anilines is 1. The van der Waals surface area contributed by atoms with Gasteiger partial charge in [-0.1, -0.05) is 12.1 Å². The molecule has 2 atom stereocenters. The Balaban J connectivity index is 1.41. The van der Waals surface area contributed by atoms with Crippen molar-refractivity contribution in [2.24, 2.45) is 5.92 Å². The van der Waals surface area contributed by atoms with E-state index in [2.05, 4.69) is 15.1 Å². The molecule has 1 saturated carbocycles. The number of halogens is 1. The Morgan fingerprint density at radius 1 is 1.16 bits per heavy atom. The predicted octanol–water partition coefficient (Wildman–Crippen LogP) is 2.88. The highest BCUT2D eigenvalue weighted by molar-refractivity contribution is 5.82. The maximum atomic E-state index is 13.2. The fourth-order valence-electron chi connectivity index (χ4n) is 4.81. The Bertz CT molecular complexity index is 1010. The highest BCUT2D eigenvalue weighted by Crippen LogP contribution is 2.38. The first-order chi connectivity index (χ1) is 15.0. The van der Waals surface area contributed by atoms with Crippen molar-refractivity contribution < 1.29 is 14.1 Å². The molecule has 0 aromatic heterocycles.